The van der Waals surface area contributed by atoms with Gasteiger partial charge in [-0.15, -0.1) is 0 Å². The maximum atomic E-state index is 13.5. The van der Waals surface area contributed by atoms with E-state index in [0.29, 0.717) is 29.6 Å². The van der Waals surface area contributed by atoms with E-state index in [0.717, 1.165) is 55.4 Å². The predicted molar refractivity (Wildman–Crippen MR) is 164 cm³/mol. The van der Waals surface area contributed by atoms with Crippen molar-refractivity contribution in [1.29, 1.82) is 0 Å². The number of rotatable bonds is 10. The van der Waals surface area contributed by atoms with Crippen molar-refractivity contribution in [2.45, 2.75) is 38.8 Å². The SMILES string of the molecule is Cc1ccc(N(C(=O)Cc2ccccc2)C2CCN(Cc3ccc(Oc4ccc(NS(C)(=O)=O)cc4)nc3)CC2)nc1. The van der Waals surface area contributed by atoms with Crippen LogP contribution in [0.2, 0.25) is 0 Å². The Bertz CT molecular complexity index is 1570. The lowest BCUT2D eigenvalue weighted by Gasteiger charge is -2.38. The molecule has 0 bridgehead atoms. The molecular weight excluding hydrogens is 550 g/mol. The number of sulfonamides is 1. The van der Waals surface area contributed by atoms with E-state index in [9.17, 15) is 13.2 Å². The van der Waals surface area contributed by atoms with Crippen LogP contribution in [0.15, 0.2) is 91.3 Å². The summed E-state index contributed by atoms with van der Waals surface area (Å²) in [5.41, 5.74) is 3.60. The predicted octanol–water partition coefficient (Wildman–Crippen LogP) is 5.19. The van der Waals surface area contributed by atoms with Crippen molar-refractivity contribution in [1.82, 2.24) is 14.9 Å². The van der Waals surface area contributed by atoms with Crippen LogP contribution in [0.1, 0.15) is 29.5 Å². The van der Waals surface area contributed by atoms with Crippen molar-refractivity contribution in [3.63, 3.8) is 0 Å². The smallest absolute Gasteiger partial charge is 0.232 e. The Labute approximate surface area is 247 Å². The summed E-state index contributed by atoms with van der Waals surface area (Å²) in [7, 11) is -3.33. The molecule has 9 nitrogen and oxygen atoms in total. The number of nitrogens with one attached hydrogen (secondary N) is 1. The first kappa shape index (κ1) is 29.2. The van der Waals surface area contributed by atoms with Gasteiger partial charge in [-0.25, -0.2) is 18.4 Å². The van der Waals surface area contributed by atoms with Crippen LogP contribution in [0.5, 0.6) is 11.6 Å². The van der Waals surface area contributed by atoms with Crippen LogP contribution >= 0.6 is 0 Å². The number of piperidine rings is 1. The summed E-state index contributed by atoms with van der Waals surface area (Å²) in [6.45, 7) is 4.47. The lowest BCUT2D eigenvalue weighted by molar-refractivity contribution is -0.118. The molecule has 3 heterocycles. The first-order chi connectivity index (χ1) is 20.2. The molecule has 0 spiro atoms. The second kappa shape index (κ2) is 13.1. The van der Waals surface area contributed by atoms with E-state index in [-0.39, 0.29) is 11.9 Å². The average molecular weight is 586 g/mol. The first-order valence-corrected chi connectivity index (χ1v) is 15.8. The fourth-order valence-corrected chi connectivity index (χ4v) is 5.63. The average Bonchev–Trinajstić information content (AvgIpc) is 2.97. The molecule has 5 rings (SSSR count). The minimum absolute atomic E-state index is 0.0668. The molecule has 0 unspecified atom stereocenters. The molecular formula is C32H35N5O4S. The van der Waals surface area contributed by atoms with Crippen LogP contribution in [-0.4, -0.2) is 54.6 Å². The van der Waals surface area contributed by atoms with Crippen molar-refractivity contribution in [3.05, 3.63) is 108 Å². The van der Waals surface area contributed by atoms with Crippen molar-refractivity contribution in [2.75, 3.05) is 29.0 Å². The molecule has 2 aromatic carbocycles. The number of nitrogens with zero attached hydrogens (tertiary/aromatic N) is 4. The Morgan fingerprint density at radius 3 is 2.29 bits per heavy atom. The molecule has 2 aromatic heterocycles. The second-order valence-electron chi connectivity index (χ2n) is 10.6. The summed E-state index contributed by atoms with van der Waals surface area (Å²) in [4.78, 5) is 26.9. The molecule has 10 heteroatoms. The van der Waals surface area contributed by atoms with Crippen LogP contribution in [0.25, 0.3) is 0 Å². The minimum atomic E-state index is -3.33. The molecule has 1 saturated heterocycles. The maximum Gasteiger partial charge on any atom is 0.232 e. The highest BCUT2D eigenvalue weighted by atomic mass is 32.2. The lowest BCUT2D eigenvalue weighted by Crippen LogP contribution is -2.48. The number of aryl methyl sites for hydroxylation is 1. The largest absolute Gasteiger partial charge is 0.439 e. The molecule has 0 aliphatic carbocycles. The standard InChI is InChI=1S/C32H35N5O4S/c1-24-8-14-30(33-21-24)37(32(38)20-25-6-4-3-5-7-25)28-16-18-36(19-17-28)23-26-9-15-31(34-22-26)41-29-12-10-27(11-13-29)35-42(2,39)40/h3-15,21-22,28,35H,16-20,23H2,1-2H3. The number of pyridine rings is 2. The highest BCUT2D eigenvalue weighted by molar-refractivity contribution is 7.92. The molecule has 1 fully saturated rings. The molecule has 0 saturated carbocycles. The fourth-order valence-electron chi connectivity index (χ4n) is 5.06. The normalized spacial score (nSPS) is 14.3. The van der Waals surface area contributed by atoms with Crippen molar-refractivity contribution in [2.24, 2.45) is 0 Å². The summed E-state index contributed by atoms with van der Waals surface area (Å²) >= 11 is 0. The van der Waals surface area contributed by atoms with Crippen molar-refractivity contribution in [3.8, 4) is 11.6 Å². The van der Waals surface area contributed by atoms with Gasteiger partial charge in [0.05, 0.1) is 12.7 Å². The van der Waals surface area contributed by atoms with E-state index in [2.05, 4.69) is 19.6 Å². The topological polar surface area (TPSA) is 105 Å². The summed E-state index contributed by atoms with van der Waals surface area (Å²) in [5.74, 6) is 1.79. The number of hydrogen-bond donors (Lipinski definition) is 1. The summed E-state index contributed by atoms with van der Waals surface area (Å²) in [6, 6.07) is 24.4. The number of benzene rings is 2. The van der Waals surface area contributed by atoms with Crippen LogP contribution in [-0.2, 0) is 27.8 Å². The highest BCUT2D eigenvalue weighted by Gasteiger charge is 2.30. The third kappa shape index (κ3) is 8.14. The third-order valence-electron chi connectivity index (χ3n) is 7.12. The van der Waals surface area contributed by atoms with Gasteiger partial charge in [0.2, 0.25) is 21.8 Å². The molecule has 1 aliphatic heterocycles. The number of likely N-dealkylation sites (tertiary alicyclic amines) is 1. The van der Waals surface area contributed by atoms with Gasteiger partial charge in [0, 0.05) is 49.8 Å². The Morgan fingerprint density at radius 2 is 1.67 bits per heavy atom. The van der Waals surface area contributed by atoms with Gasteiger partial charge in [-0.3, -0.25) is 19.3 Å². The summed E-state index contributed by atoms with van der Waals surface area (Å²) in [6.07, 6.45) is 6.80. The Kier molecular flexibility index (Phi) is 9.14. The van der Waals surface area contributed by atoms with Crippen LogP contribution in [0, 0.1) is 6.92 Å². The minimum Gasteiger partial charge on any atom is -0.439 e. The first-order valence-electron chi connectivity index (χ1n) is 13.9. The van der Waals surface area contributed by atoms with Gasteiger partial charge in [-0.1, -0.05) is 42.5 Å². The maximum absolute atomic E-state index is 13.5. The van der Waals surface area contributed by atoms with E-state index < -0.39 is 10.0 Å². The molecule has 1 aliphatic rings. The highest BCUT2D eigenvalue weighted by Crippen LogP contribution is 2.26. The molecule has 1 amide bonds. The van der Waals surface area contributed by atoms with Crippen molar-refractivity contribution < 1.29 is 17.9 Å². The van der Waals surface area contributed by atoms with E-state index in [1.807, 2.05) is 78.8 Å². The van der Waals surface area contributed by atoms with Crippen LogP contribution in [0.3, 0.4) is 0 Å². The van der Waals surface area contributed by atoms with Gasteiger partial charge in [0.25, 0.3) is 0 Å². The Balaban J connectivity index is 1.17. The van der Waals surface area contributed by atoms with Crippen molar-refractivity contribution >= 4 is 27.4 Å². The monoisotopic (exact) mass is 585 g/mol. The number of carbonyl (C=O) groups is 1. The number of anilines is 2. The zero-order valence-corrected chi connectivity index (χ0v) is 24.6. The zero-order chi connectivity index (χ0) is 29.5. The Morgan fingerprint density at radius 1 is 0.929 bits per heavy atom. The zero-order valence-electron chi connectivity index (χ0n) is 23.8. The third-order valence-corrected chi connectivity index (χ3v) is 7.72. The number of hydrogen-bond acceptors (Lipinski definition) is 7. The summed E-state index contributed by atoms with van der Waals surface area (Å²) < 4.78 is 31.0. The Hall–Kier alpha value is -4.28. The number of aromatic nitrogens is 2. The fraction of sp³-hybridized carbons (Fsp3) is 0.281. The number of carbonyl (C=O) groups excluding carboxylic acids is 1. The van der Waals surface area contributed by atoms with Gasteiger partial charge in [0.15, 0.2) is 0 Å². The molecule has 218 valence electrons. The van der Waals surface area contributed by atoms with Crippen LogP contribution in [0.4, 0.5) is 11.5 Å². The summed E-state index contributed by atoms with van der Waals surface area (Å²) in [5, 5.41) is 0. The van der Waals surface area contributed by atoms with Gasteiger partial charge >= 0.3 is 0 Å². The molecule has 1 N–H and O–H groups in total. The molecule has 4 aromatic rings. The number of amides is 1. The van der Waals surface area contributed by atoms with Gasteiger partial charge in [-0.05, 0) is 66.8 Å². The van der Waals surface area contributed by atoms with Crippen LogP contribution < -0.4 is 14.4 Å². The van der Waals surface area contributed by atoms with Gasteiger partial charge in [-0.2, -0.15) is 0 Å². The number of ether oxygens (including phenoxy) is 1. The molecule has 0 atom stereocenters. The quantitative estimate of drug-likeness (QED) is 0.273. The lowest BCUT2D eigenvalue weighted by atomic mass is 10.0. The van der Waals surface area contributed by atoms with E-state index in [1.165, 1.54) is 0 Å². The van der Waals surface area contributed by atoms with E-state index >= 15 is 0 Å². The molecule has 0 radical (unpaired) electrons. The molecule has 42 heavy (non-hydrogen) atoms. The van der Waals surface area contributed by atoms with E-state index in [1.54, 1.807) is 24.3 Å². The second-order valence-corrected chi connectivity index (χ2v) is 12.4. The van der Waals surface area contributed by atoms with E-state index in [4.69, 9.17) is 4.74 Å². The van der Waals surface area contributed by atoms with Gasteiger partial charge in [0.1, 0.15) is 11.6 Å². The van der Waals surface area contributed by atoms with Gasteiger partial charge < -0.3 is 4.74 Å².